The van der Waals surface area contributed by atoms with Gasteiger partial charge in [0.2, 0.25) is 0 Å². The van der Waals surface area contributed by atoms with E-state index in [9.17, 15) is 4.79 Å². The maximum Gasteiger partial charge on any atom is 0.326 e. The Morgan fingerprint density at radius 2 is 2.57 bits per heavy atom. The third kappa shape index (κ3) is 0.960. The van der Waals surface area contributed by atoms with Gasteiger partial charge in [0, 0.05) is 6.54 Å². The Hall–Kier alpha value is 0. The molecule has 0 unspecified atom stereocenters. The molecule has 3 nitrogen and oxygen atoms in total. The Kier molecular flexibility index (Phi) is 1.36. The minimum absolute atomic E-state index is 0.0283. The molecule has 7 heavy (non-hydrogen) atoms. The Morgan fingerprint density at radius 1 is 1.86 bits per heavy atom. The van der Waals surface area contributed by atoms with Gasteiger partial charge < -0.3 is 5.32 Å². The summed E-state index contributed by atoms with van der Waals surface area (Å²) in [6.45, 7) is 1.63. The van der Waals surface area contributed by atoms with E-state index in [1.165, 1.54) is 0 Å². The van der Waals surface area contributed by atoms with Gasteiger partial charge in [0.05, 0.1) is 29.4 Å². The van der Waals surface area contributed by atoms with Crippen molar-refractivity contribution in [3.8, 4) is 0 Å². The number of amides is 2. The van der Waals surface area contributed by atoms with Crippen LogP contribution in [0.2, 0.25) is 0 Å². The lowest BCUT2D eigenvalue weighted by molar-refractivity contribution is 0.240. The molecule has 4 heteroatoms. The van der Waals surface area contributed by atoms with Crippen LogP contribution in [0.5, 0.6) is 0 Å². The topological polar surface area (TPSA) is 32.3 Å². The van der Waals surface area contributed by atoms with Crippen LogP contribution in [0.1, 0.15) is 0 Å². The second-order valence-corrected chi connectivity index (χ2v) is 2.48. The summed E-state index contributed by atoms with van der Waals surface area (Å²) < 4.78 is 1.62. The summed E-state index contributed by atoms with van der Waals surface area (Å²) in [5.74, 6) is 0. The quantitative estimate of drug-likeness (QED) is 0.456. The lowest BCUT2D eigenvalue weighted by Gasteiger charge is -1.97. The van der Waals surface area contributed by atoms with Crippen LogP contribution >= 0.6 is 22.9 Å². The van der Waals surface area contributed by atoms with E-state index in [2.05, 4.69) is 5.32 Å². The molecule has 0 aromatic rings. The van der Waals surface area contributed by atoms with Crippen LogP contribution in [0.15, 0.2) is 0 Å². The number of rotatable bonds is 0. The third-order valence-electron chi connectivity index (χ3n) is 0.805. The lowest BCUT2D eigenvalue weighted by atomic mass is 10.7. The Morgan fingerprint density at radius 3 is 2.71 bits per heavy atom. The van der Waals surface area contributed by atoms with Crippen molar-refractivity contribution in [2.24, 2.45) is 0 Å². The zero-order valence-corrected chi connectivity index (χ0v) is 5.81. The molecule has 1 heterocycles. The summed E-state index contributed by atoms with van der Waals surface area (Å²) in [7, 11) is 0. The molecule has 0 aromatic heterocycles. The van der Waals surface area contributed by atoms with Gasteiger partial charge >= 0.3 is 6.03 Å². The monoisotopic (exact) mass is 212 g/mol. The molecule has 0 aliphatic carbocycles. The molecule has 0 saturated carbocycles. The Bertz CT molecular complexity index is 94.9. The van der Waals surface area contributed by atoms with Crippen molar-refractivity contribution in [2.45, 2.75) is 0 Å². The van der Waals surface area contributed by atoms with E-state index in [-0.39, 0.29) is 6.03 Å². The maximum atomic E-state index is 10.4. The molecule has 1 fully saturated rings. The van der Waals surface area contributed by atoms with Crippen LogP contribution in [0, 0.1) is 0 Å². The van der Waals surface area contributed by atoms with Crippen molar-refractivity contribution in [2.75, 3.05) is 13.1 Å². The van der Waals surface area contributed by atoms with Crippen molar-refractivity contribution in [3.63, 3.8) is 0 Å². The van der Waals surface area contributed by atoms with Crippen molar-refractivity contribution >= 4 is 28.9 Å². The molecule has 0 aromatic carbocycles. The standard InChI is InChI=1S/C3H5IN2O/c4-6-2-1-5-3(6)7/h1-2H2,(H,5,7). The number of nitrogens with zero attached hydrogens (tertiary/aromatic N) is 1. The molecule has 0 atom stereocenters. The van der Waals surface area contributed by atoms with Crippen molar-refractivity contribution in [3.05, 3.63) is 0 Å². The summed E-state index contributed by atoms with van der Waals surface area (Å²) in [5, 5.41) is 2.65. The normalized spacial score (nSPS) is 20.1. The summed E-state index contributed by atoms with van der Waals surface area (Å²) >= 11 is 1.98. The van der Waals surface area contributed by atoms with Crippen molar-refractivity contribution in [1.82, 2.24) is 8.43 Å². The molecule has 0 radical (unpaired) electrons. The second-order valence-electron chi connectivity index (χ2n) is 1.32. The summed E-state index contributed by atoms with van der Waals surface area (Å²) in [4.78, 5) is 10.4. The van der Waals surface area contributed by atoms with Gasteiger partial charge in [0.25, 0.3) is 0 Å². The summed E-state index contributed by atoms with van der Waals surface area (Å²) in [6.07, 6.45) is 0. The van der Waals surface area contributed by atoms with Crippen LogP contribution in [-0.4, -0.2) is 22.2 Å². The highest BCUT2D eigenvalue weighted by Crippen LogP contribution is 2.01. The second kappa shape index (κ2) is 1.85. The van der Waals surface area contributed by atoms with E-state index in [1.807, 2.05) is 22.9 Å². The first kappa shape index (κ1) is 5.14. The van der Waals surface area contributed by atoms with E-state index < -0.39 is 0 Å². The third-order valence-corrected chi connectivity index (χ3v) is 1.73. The Labute approximate surface area is 55.6 Å². The largest absolute Gasteiger partial charge is 0.336 e. The lowest BCUT2D eigenvalue weighted by Crippen LogP contribution is -2.18. The maximum absolute atomic E-state index is 10.4. The fourth-order valence-electron chi connectivity index (χ4n) is 0.448. The smallest absolute Gasteiger partial charge is 0.326 e. The minimum Gasteiger partial charge on any atom is -0.336 e. The molecule has 40 valence electrons. The van der Waals surface area contributed by atoms with Gasteiger partial charge in [0.15, 0.2) is 0 Å². The molecule has 0 spiro atoms. The number of halogens is 1. The summed E-state index contributed by atoms with van der Waals surface area (Å²) in [6, 6.07) is 0.0283. The number of nitrogens with one attached hydrogen (secondary N) is 1. The molecule has 2 amide bonds. The predicted octanol–water partition coefficient (Wildman–Crippen LogP) is 0.362. The molecular formula is C3H5IN2O. The van der Waals surface area contributed by atoms with E-state index >= 15 is 0 Å². The first-order valence-electron chi connectivity index (χ1n) is 2.02. The van der Waals surface area contributed by atoms with Crippen LogP contribution in [0.3, 0.4) is 0 Å². The first-order valence-corrected chi connectivity index (χ1v) is 2.98. The average Bonchev–Trinajstić information content (AvgIpc) is 1.91. The predicted molar refractivity (Wildman–Crippen MR) is 34.1 cm³/mol. The molecule has 1 aliphatic heterocycles. The average molecular weight is 212 g/mol. The van der Waals surface area contributed by atoms with E-state index in [0.29, 0.717) is 0 Å². The SMILES string of the molecule is O=C1NCCN1I. The fraction of sp³-hybridized carbons (Fsp3) is 0.667. The Balaban J connectivity index is 2.48. The molecular weight excluding hydrogens is 207 g/mol. The number of urea groups is 1. The van der Waals surface area contributed by atoms with Gasteiger partial charge in [0.1, 0.15) is 0 Å². The molecule has 0 bridgehead atoms. The molecule has 1 N–H and O–H groups in total. The van der Waals surface area contributed by atoms with Crippen LogP contribution < -0.4 is 5.32 Å². The number of carbonyl (C=O) groups excluding carboxylic acids is 1. The molecule has 1 aliphatic rings. The van der Waals surface area contributed by atoms with E-state index in [0.717, 1.165) is 13.1 Å². The number of carbonyl (C=O) groups is 1. The van der Waals surface area contributed by atoms with Gasteiger partial charge in [-0.25, -0.2) is 4.79 Å². The highest BCUT2D eigenvalue weighted by atomic mass is 127. The van der Waals surface area contributed by atoms with E-state index in [1.54, 1.807) is 3.11 Å². The van der Waals surface area contributed by atoms with E-state index in [4.69, 9.17) is 0 Å². The van der Waals surface area contributed by atoms with Gasteiger partial charge in [-0.15, -0.1) is 0 Å². The van der Waals surface area contributed by atoms with Gasteiger partial charge in [-0.05, 0) is 0 Å². The van der Waals surface area contributed by atoms with Crippen molar-refractivity contribution < 1.29 is 4.79 Å². The van der Waals surface area contributed by atoms with Crippen LogP contribution in [0.4, 0.5) is 4.79 Å². The minimum atomic E-state index is 0.0283. The van der Waals surface area contributed by atoms with Gasteiger partial charge in [-0.3, -0.25) is 3.11 Å². The van der Waals surface area contributed by atoms with Crippen LogP contribution in [-0.2, 0) is 0 Å². The zero-order valence-electron chi connectivity index (χ0n) is 3.65. The fourth-order valence-corrected chi connectivity index (χ4v) is 0.860. The number of hydrogen-bond acceptors (Lipinski definition) is 1. The first-order chi connectivity index (χ1) is 3.30. The summed E-state index contributed by atoms with van der Waals surface area (Å²) in [5.41, 5.74) is 0. The van der Waals surface area contributed by atoms with Gasteiger partial charge in [-0.2, -0.15) is 0 Å². The van der Waals surface area contributed by atoms with Crippen molar-refractivity contribution in [1.29, 1.82) is 0 Å². The van der Waals surface area contributed by atoms with Gasteiger partial charge in [-0.1, -0.05) is 0 Å². The molecule has 1 rings (SSSR count). The molecule has 1 saturated heterocycles. The van der Waals surface area contributed by atoms with Crippen LogP contribution in [0.25, 0.3) is 0 Å². The zero-order chi connectivity index (χ0) is 5.28. The highest BCUT2D eigenvalue weighted by Gasteiger charge is 2.14. The highest BCUT2D eigenvalue weighted by molar-refractivity contribution is 14.1. The number of hydrogen-bond donors (Lipinski definition) is 1.